The second-order valence-corrected chi connectivity index (χ2v) is 4.96. The fourth-order valence-corrected chi connectivity index (χ4v) is 2.99. The molecule has 0 aliphatic heterocycles. The fourth-order valence-electron chi connectivity index (χ4n) is 1.94. The standard InChI is InChI=1S/C12H10N4S/c13-7-8-3-2-6-14-11(8)16-12-15-9-4-1-5-10(9)17-12/h2-3,6H,1,4-5H2,(H,14,15,16). The Hall–Kier alpha value is -1.93. The Bertz CT molecular complexity index is 575. The van der Waals surface area contributed by atoms with Gasteiger partial charge in [-0.2, -0.15) is 5.26 Å². The number of aromatic nitrogens is 2. The largest absolute Gasteiger partial charge is 0.315 e. The van der Waals surface area contributed by atoms with E-state index in [9.17, 15) is 0 Å². The van der Waals surface area contributed by atoms with E-state index >= 15 is 0 Å². The molecule has 2 heterocycles. The number of nitrogens with zero attached hydrogens (tertiary/aromatic N) is 3. The lowest BCUT2D eigenvalue weighted by Crippen LogP contribution is -1.96. The molecule has 0 saturated heterocycles. The number of aryl methyl sites for hydroxylation is 2. The summed E-state index contributed by atoms with van der Waals surface area (Å²) in [6.07, 6.45) is 5.08. The molecule has 17 heavy (non-hydrogen) atoms. The predicted octanol–water partition coefficient (Wildman–Crippen LogP) is 2.64. The number of anilines is 2. The summed E-state index contributed by atoms with van der Waals surface area (Å²) in [6.45, 7) is 0. The van der Waals surface area contributed by atoms with E-state index < -0.39 is 0 Å². The van der Waals surface area contributed by atoms with Crippen molar-refractivity contribution in [2.75, 3.05) is 5.32 Å². The number of rotatable bonds is 2. The van der Waals surface area contributed by atoms with Gasteiger partial charge in [-0.25, -0.2) is 9.97 Å². The van der Waals surface area contributed by atoms with Crippen molar-refractivity contribution >= 4 is 22.3 Å². The van der Waals surface area contributed by atoms with Gasteiger partial charge in [-0.3, -0.25) is 0 Å². The average Bonchev–Trinajstić information content (AvgIpc) is 2.90. The number of pyridine rings is 1. The van der Waals surface area contributed by atoms with Gasteiger partial charge >= 0.3 is 0 Å². The molecule has 3 rings (SSSR count). The van der Waals surface area contributed by atoms with Crippen LogP contribution in [0, 0.1) is 11.3 Å². The smallest absolute Gasteiger partial charge is 0.188 e. The fraction of sp³-hybridized carbons (Fsp3) is 0.250. The van der Waals surface area contributed by atoms with Crippen LogP contribution in [0.3, 0.4) is 0 Å². The van der Waals surface area contributed by atoms with Crippen LogP contribution in [-0.2, 0) is 12.8 Å². The maximum Gasteiger partial charge on any atom is 0.188 e. The Labute approximate surface area is 103 Å². The van der Waals surface area contributed by atoms with Crippen molar-refractivity contribution in [3.63, 3.8) is 0 Å². The maximum atomic E-state index is 8.97. The van der Waals surface area contributed by atoms with Crippen molar-refractivity contribution in [2.24, 2.45) is 0 Å². The molecule has 2 aromatic heterocycles. The van der Waals surface area contributed by atoms with Gasteiger partial charge in [0.2, 0.25) is 0 Å². The van der Waals surface area contributed by atoms with Crippen LogP contribution < -0.4 is 5.32 Å². The van der Waals surface area contributed by atoms with Crippen LogP contribution in [0.5, 0.6) is 0 Å². The highest BCUT2D eigenvalue weighted by Gasteiger charge is 2.17. The number of thiazole rings is 1. The van der Waals surface area contributed by atoms with Crippen LogP contribution >= 0.6 is 11.3 Å². The highest BCUT2D eigenvalue weighted by atomic mass is 32.1. The number of nitriles is 1. The number of nitrogens with one attached hydrogen (secondary N) is 1. The van der Waals surface area contributed by atoms with Gasteiger partial charge in [0.05, 0.1) is 11.3 Å². The molecule has 0 saturated carbocycles. The molecule has 0 aromatic carbocycles. The molecule has 5 heteroatoms. The summed E-state index contributed by atoms with van der Waals surface area (Å²) in [7, 11) is 0. The Kier molecular flexibility index (Phi) is 2.50. The monoisotopic (exact) mass is 242 g/mol. The molecule has 1 N–H and O–H groups in total. The minimum Gasteiger partial charge on any atom is -0.315 e. The highest BCUT2D eigenvalue weighted by molar-refractivity contribution is 7.15. The second kappa shape index (κ2) is 4.15. The molecule has 0 radical (unpaired) electrons. The lowest BCUT2D eigenvalue weighted by atomic mass is 10.3. The molecule has 0 spiro atoms. The second-order valence-electron chi connectivity index (χ2n) is 3.88. The van der Waals surface area contributed by atoms with Gasteiger partial charge < -0.3 is 5.32 Å². The summed E-state index contributed by atoms with van der Waals surface area (Å²) in [4.78, 5) is 10.0. The third-order valence-corrected chi connectivity index (χ3v) is 3.82. The van der Waals surface area contributed by atoms with Crippen molar-refractivity contribution in [3.8, 4) is 6.07 Å². The van der Waals surface area contributed by atoms with Crippen LogP contribution in [0.2, 0.25) is 0 Å². The third kappa shape index (κ3) is 1.87. The van der Waals surface area contributed by atoms with E-state index in [1.807, 2.05) is 0 Å². The first kappa shape index (κ1) is 10.2. The van der Waals surface area contributed by atoms with Crippen molar-refractivity contribution < 1.29 is 0 Å². The maximum absolute atomic E-state index is 8.97. The molecule has 0 bridgehead atoms. The zero-order valence-electron chi connectivity index (χ0n) is 9.10. The van der Waals surface area contributed by atoms with Crippen LogP contribution in [-0.4, -0.2) is 9.97 Å². The Morgan fingerprint density at radius 1 is 1.41 bits per heavy atom. The van der Waals surface area contributed by atoms with Crippen LogP contribution in [0.4, 0.5) is 10.9 Å². The van der Waals surface area contributed by atoms with Gasteiger partial charge in [-0.1, -0.05) is 0 Å². The number of fused-ring (bicyclic) bond motifs is 1. The zero-order chi connectivity index (χ0) is 11.7. The van der Waals surface area contributed by atoms with E-state index in [0.717, 1.165) is 18.0 Å². The molecule has 0 fully saturated rings. The lowest BCUT2D eigenvalue weighted by Gasteiger charge is -2.02. The van der Waals surface area contributed by atoms with Crippen molar-refractivity contribution in [3.05, 3.63) is 34.5 Å². The molecular weight excluding hydrogens is 232 g/mol. The Morgan fingerprint density at radius 2 is 2.35 bits per heavy atom. The zero-order valence-corrected chi connectivity index (χ0v) is 9.92. The molecular formula is C12H10N4S. The molecule has 0 amide bonds. The summed E-state index contributed by atoms with van der Waals surface area (Å²) in [5, 5.41) is 12.9. The first-order chi connectivity index (χ1) is 8.36. The molecule has 2 aromatic rings. The summed E-state index contributed by atoms with van der Waals surface area (Å²) in [5.74, 6) is 0.586. The Morgan fingerprint density at radius 3 is 3.18 bits per heavy atom. The van der Waals surface area contributed by atoms with E-state index in [1.165, 1.54) is 17.0 Å². The molecule has 84 valence electrons. The SMILES string of the molecule is N#Cc1cccnc1Nc1nc2c(s1)CCC2. The highest BCUT2D eigenvalue weighted by Crippen LogP contribution is 2.32. The molecule has 1 aliphatic carbocycles. The summed E-state index contributed by atoms with van der Waals surface area (Å²) in [6, 6.07) is 5.62. The van der Waals surface area contributed by atoms with Gasteiger partial charge in [0, 0.05) is 11.1 Å². The normalized spacial score (nSPS) is 13.1. The van der Waals surface area contributed by atoms with Crippen LogP contribution in [0.15, 0.2) is 18.3 Å². The summed E-state index contributed by atoms with van der Waals surface area (Å²) >= 11 is 1.66. The van der Waals surface area contributed by atoms with Crippen molar-refractivity contribution in [2.45, 2.75) is 19.3 Å². The van der Waals surface area contributed by atoms with E-state index in [-0.39, 0.29) is 0 Å². The van der Waals surface area contributed by atoms with Crippen LogP contribution in [0.1, 0.15) is 22.6 Å². The van der Waals surface area contributed by atoms with E-state index in [4.69, 9.17) is 5.26 Å². The summed E-state index contributed by atoms with van der Waals surface area (Å²) < 4.78 is 0. The van der Waals surface area contributed by atoms with Gasteiger partial charge in [-0.15, -0.1) is 11.3 Å². The van der Waals surface area contributed by atoms with Crippen LogP contribution in [0.25, 0.3) is 0 Å². The predicted molar refractivity (Wildman–Crippen MR) is 66.4 cm³/mol. The quantitative estimate of drug-likeness (QED) is 0.879. The molecule has 0 atom stereocenters. The van der Waals surface area contributed by atoms with Crippen molar-refractivity contribution in [1.82, 2.24) is 9.97 Å². The number of hydrogen-bond acceptors (Lipinski definition) is 5. The minimum absolute atomic E-state index is 0.544. The van der Waals surface area contributed by atoms with E-state index in [1.54, 1.807) is 29.7 Å². The van der Waals surface area contributed by atoms with Gasteiger partial charge in [-0.05, 0) is 31.4 Å². The lowest BCUT2D eigenvalue weighted by molar-refractivity contribution is 0.900. The third-order valence-electron chi connectivity index (χ3n) is 2.75. The molecule has 0 unspecified atom stereocenters. The Balaban J connectivity index is 1.89. The van der Waals surface area contributed by atoms with Gasteiger partial charge in [0.15, 0.2) is 5.13 Å². The minimum atomic E-state index is 0.544. The van der Waals surface area contributed by atoms with Crippen molar-refractivity contribution in [1.29, 1.82) is 5.26 Å². The summed E-state index contributed by atoms with van der Waals surface area (Å²) in [5.41, 5.74) is 1.75. The topological polar surface area (TPSA) is 61.6 Å². The molecule has 1 aliphatic rings. The number of hydrogen-bond donors (Lipinski definition) is 1. The first-order valence-electron chi connectivity index (χ1n) is 5.47. The van der Waals surface area contributed by atoms with E-state index in [2.05, 4.69) is 21.4 Å². The van der Waals surface area contributed by atoms with Gasteiger partial charge in [0.25, 0.3) is 0 Å². The average molecular weight is 242 g/mol. The first-order valence-corrected chi connectivity index (χ1v) is 6.29. The molecule has 4 nitrogen and oxygen atoms in total. The van der Waals surface area contributed by atoms with E-state index in [0.29, 0.717) is 11.4 Å². The van der Waals surface area contributed by atoms with Gasteiger partial charge in [0.1, 0.15) is 11.9 Å².